The summed E-state index contributed by atoms with van der Waals surface area (Å²) in [4.78, 5) is 21.8. The summed E-state index contributed by atoms with van der Waals surface area (Å²) in [5.41, 5.74) is 0.496. The highest BCUT2D eigenvalue weighted by Gasteiger charge is 2.55. The van der Waals surface area contributed by atoms with Gasteiger partial charge in [0.2, 0.25) is 0 Å². The highest BCUT2D eigenvalue weighted by molar-refractivity contribution is 7.80. The predicted octanol–water partition coefficient (Wildman–Crippen LogP) is 2.11. The zero-order valence-corrected chi connectivity index (χ0v) is 12.2. The fourth-order valence-electron chi connectivity index (χ4n) is 3.84. The molecule has 1 aromatic carbocycles. The molecule has 1 unspecified atom stereocenters. The molecule has 4 aliphatic heterocycles. The number of hydrogen-bond acceptors (Lipinski definition) is 4. The van der Waals surface area contributed by atoms with Crippen molar-refractivity contribution in [3.05, 3.63) is 24.3 Å². The number of rotatable bonds is 1. The van der Waals surface area contributed by atoms with E-state index in [-0.39, 0.29) is 11.5 Å². The fraction of sp³-hybridized carbons (Fsp3) is 0.533. The molecule has 0 N–H and O–H groups in total. The van der Waals surface area contributed by atoms with Gasteiger partial charge in [0.15, 0.2) is 0 Å². The van der Waals surface area contributed by atoms with E-state index in [2.05, 4.69) is 17.5 Å². The van der Waals surface area contributed by atoms with E-state index in [0.29, 0.717) is 12.3 Å². The van der Waals surface area contributed by atoms with Gasteiger partial charge in [-0.2, -0.15) is 5.06 Å². The minimum Gasteiger partial charge on any atom is -0.300 e. The number of benzene rings is 1. The molecule has 1 atom stereocenters. The summed E-state index contributed by atoms with van der Waals surface area (Å²) in [6.07, 6.45) is 2.80. The third-order valence-corrected chi connectivity index (χ3v) is 5.12. The van der Waals surface area contributed by atoms with Gasteiger partial charge in [-0.3, -0.25) is 9.63 Å². The van der Waals surface area contributed by atoms with E-state index in [0.717, 1.165) is 43.1 Å². The lowest BCUT2D eigenvalue weighted by Gasteiger charge is -2.49. The van der Waals surface area contributed by atoms with Gasteiger partial charge in [-0.1, -0.05) is 6.07 Å². The Balaban J connectivity index is 1.64. The van der Waals surface area contributed by atoms with Gasteiger partial charge in [0.05, 0.1) is 12.1 Å². The van der Waals surface area contributed by atoms with Crippen LogP contribution in [0.15, 0.2) is 29.2 Å². The summed E-state index contributed by atoms with van der Waals surface area (Å²) >= 11 is 4.34. The molecule has 4 fully saturated rings. The van der Waals surface area contributed by atoms with Crippen LogP contribution in [0.4, 0.5) is 5.69 Å². The Morgan fingerprint density at radius 2 is 2.10 bits per heavy atom. The third kappa shape index (κ3) is 1.88. The van der Waals surface area contributed by atoms with Crippen molar-refractivity contribution in [1.82, 2.24) is 4.90 Å². The van der Waals surface area contributed by atoms with Crippen LogP contribution in [0.3, 0.4) is 0 Å². The van der Waals surface area contributed by atoms with Gasteiger partial charge in [-0.25, -0.2) is 0 Å². The van der Waals surface area contributed by atoms with Crippen LogP contribution in [-0.2, 0) is 9.63 Å². The van der Waals surface area contributed by atoms with Crippen LogP contribution in [0.25, 0.3) is 0 Å². The average Bonchev–Trinajstić information content (AvgIpc) is 2.76. The minimum atomic E-state index is -0.291. The summed E-state index contributed by atoms with van der Waals surface area (Å²) in [6, 6.07) is 7.58. The zero-order chi connectivity index (χ0) is 13.7. The number of hydroxylamine groups is 1. The van der Waals surface area contributed by atoms with Crippen LogP contribution in [0, 0.1) is 5.92 Å². The van der Waals surface area contributed by atoms with E-state index in [1.54, 1.807) is 0 Å². The molecular formula is C15H18N2O2S. The highest BCUT2D eigenvalue weighted by atomic mass is 32.1. The number of anilines is 1. The molecule has 4 aliphatic rings. The first-order chi connectivity index (χ1) is 9.66. The lowest BCUT2D eigenvalue weighted by atomic mass is 9.74. The Bertz CT molecular complexity index is 557. The second-order valence-electron chi connectivity index (χ2n) is 6.09. The standard InChI is InChI=1S/C15H18N2O2S/c18-14-9-15(10-16-6-4-11(15)5-7-16)19-17(14)12-2-1-3-13(20)8-12/h1-3,8,11,20H,4-7,9-10H2. The zero-order valence-electron chi connectivity index (χ0n) is 11.3. The van der Waals surface area contributed by atoms with Gasteiger partial charge in [0, 0.05) is 11.4 Å². The molecule has 0 radical (unpaired) electrons. The van der Waals surface area contributed by atoms with Gasteiger partial charge in [-0.05, 0) is 50.0 Å². The molecule has 0 aliphatic carbocycles. The van der Waals surface area contributed by atoms with Crippen molar-refractivity contribution in [2.45, 2.75) is 29.8 Å². The number of thiol groups is 1. The molecule has 0 saturated carbocycles. The number of carbonyl (C=O) groups excluding carboxylic acids is 1. The predicted molar refractivity (Wildman–Crippen MR) is 78.8 cm³/mol. The van der Waals surface area contributed by atoms with Crippen molar-refractivity contribution in [3.8, 4) is 0 Å². The second kappa shape index (κ2) is 4.48. The van der Waals surface area contributed by atoms with Crippen LogP contribution < -0.4 is 5.06 Å². The number of amides is 1. The van der Waals surface area contributed by atoms with Crippen molar-refractivity contribution >= 4 is 24.2 Å². The van der Waals surface area contributed by atoms with Crippen molar-refractivity contribution in [2.75, 3.05) is 24.7 Å². The molecule has 5 rings (SSSR count). The Kier molecular flexibility index (Phi) is 2.84. The molecule has 1 spiro atoms. The summed E-state index contributed by atoms with van der Waals surface area (Å²) < 4.78 is 0. The maximum absolute atomic E-state index is 12.4. The Labute approximate surface area is 124 Å². The first-order valence-electron chi connectivity index (χ1n) is 7.20. The Morgan fingerprint density at radius 3 is 2.75 bits per heavy atom. The first-order valence-corrected chi connectivity index (χ1v) is 7.64. The molecule has 106 valence electrons. The minimum absolute atomic E-state index is 0.0673. The number of fused-ring (bicyclic) bond motifs is 2. The second-order valence-corrected chi connectivity index (χ2v) is 6.61. The smallest absolute Gasteiger partial charge is 0.253 e. The topological polar surface area (TPSA) is 32.8 Å². The fourth-order valence-corrected chi connectivity index (χ4v) is 4.06. The van der Waals surface area contributed by atoms with Crippen molar-refractivity contribution in [1.29, 1.82) is 0 Å². The molecule has 5 heteroatoms. The summed E-state index contributed by atoms with van der Waals surface area (Å²) in [7, 11) is 0. The molecule has 20 heavy (non-hydrogen) atoms. The summed E-state index contributed by atoms with van der Waals surface area (Å²) in [5.74, 6) is 0.582. The van der Waals surface area contributed by atoms with E-state index < -0.39 is 0 Å². The molecule has 1 aromatic rings. The van der Waals surface area contributed by atoms with E-state index >= 15 is 0 Å². The van der Waals surface area contributed by atoms with E-state index in [1.165, 1.54) is 5.06 Å². The maximum atomic E-state index is 12.4. The van der Waals surface area contributed by atoms with Crippen LogP contribution >= 0.6 is 12.6 Å². The van der Waals surface area contributed by atoms with Crippen LogP contribution in [0.1, 0.15) is 19.3 Å². The summed E-state index contributed by atoms with van der Waals surface area (Å²) in [5, 5.41) is 1.49. The van der Waals surface area contributed by atoms with Crippen LogP contribution in [0.5, 0.6) is 0 Å². The van der Waals surface area contributed by atoms with Crippen LogP contribution in [-0.4, -0.2) is 36.0 Å². The molecule has 2 bridgehead atoms. The molecule has 1 amide bonds. The lowest BCUT2D eigenvalue weighted by Crippen LogP contribution is -2.59. The number of carbonyl (C=O) groups is 1. The quantitative estimate of drug-likeness (QED) is 0.804. The summed E-state index contributed by atoms with van der Waals surface area (Å²) in [6.45, 7) is 3.19. The largest absolute Gasteiger partial charge is 0.300 e. The number of hydrogen-bond donors (Lipinski definition) is 1. The van der Waals surface area contributed by atoms with Crippen molar-refractivity contribution in [3.63, 3.8) is 0 Å². The number of nitrogens with zero attached hydrogens (tertiary/aromatic N) is 2. The van der Waals surface area contributed by atoms with Gasteiger partial charge in [-0.15, -0.1) is 12.6 Å². The number of piperidine rings is 3. The Hall–Kier alpha value is -1.04. The molecule has 4 heterocycles. The van der Waals surface area contributed by atoms with Crippen molar-refractivity contribution in [2.24, 2.45) is 5.92 Å². The maximum Gasteiger partial charge on any atom is 0.253 e. The monoisotopic (exact) mass is 290 g/mol. The van der Waals surface area contributed by atoms with Crippen molar-refractivity contribution < 1.29 is 9.63 Å². The molecular weight excluding hydrogens is 272 g/mol. The first kappa shape index (κ1) is 12.7. The van der Waals surface area contributed by atoms with E-state index in [4.69, 9.17) is 4.84 Å². The van der Waals surface area contributed by atoms with E-state index in [1.807, 2.05) is 24.3 Å². The van der Waals surface area contributed by atoms with Gasteiger partial charge in [0.1, 0.15) is 5.60 Å². The molecule has 4 nitrogen and oxygen atoms in total. The van der Waals surface area contributed by atoms with Gasteiger partial charge < -0.3 is 4.90 Å². The average molecular weight is 290 g/mol. The third-order valence-electron chi connectivity index (χ3n) is 4.84. The van der Waals surface area contributed by atoms with Gasteiger partial charge >= 0.3 is 0 Å². The highest BCUT2D eigenvalue weighted by Crippen LogP contribution is 2.45. The van der Waals surface area contributed by atoms with E-state index in [9.17, 15) is 4.79 Å². The van der Waals surface area contributed by atoms with Gasteiger partial charge in [0.25, 0.3) is 5.91 Å². The lowest BCUT2D eigenvalue weighted by molar-refractivity contribution is -0.132. The normalized spacial score (nSPS) is 36.0. The van der Waals surface area contributed by atoms with Crippen LogP contribution in [0.2, 0.25) is 0 Å². The molecule has 4 saturated heterocycles. The molecule has 0 aromatic heterocycles. The Morgan fingerprint density at radius 1 is 1.30 bits per heavy atom. The SMILES string of the molecule is O=C1CC2(CN3CCC2CC3)ON1c1cccc(S)c1.